The maximum absolute atomic E-state index is 13.3. The van der Waals surface area contributed by atoms with Crippen molar-refractivity contribution >= 4 is 33.4 Å². The van der Waals surface area contributed by atoms with E-state index in [1.165, 1.54) is 0 Å². The molecule has 2 heterocycles. The van der Waals surface area contributed by atoms with E-state index >= 15 is 0 Å². The predicted molar refractivity (Wildman–Crippen MR) is 152 cm³/mol. The van der Waals surface area contributed by atoms with Crippen LogP contribution in [0.15, 0.2) is 88.9 Å². The number of ketones is 1. The minimum absolute atomic E-state index is 0.103. The van der Waals surface area contributed by atoms with Gasteiger partial charge in [-0.3, -0.25) is 14.5 Å². The molecular formula is C31H31BrN2O5. The van der Waals surface area contributed by atoms with Crippen LogP contribution in [0.4, 0.5) is 0 Å². The van der Waals surface area contributed by atoms with Crippen molar-refractivity contribution in [2.45, 2.75) is 19.1 Å². The van der Waals surface area contributed by atoms with Crippen molar-refractivity contribution in [1.29, 1.82) is 0 Å². The van der Waals surface area contributed by atoms with Gasteiger partial charge in [0.15, 0.2) is 0 Å². The Bertz CT molecular complexity index is 1320. The number of halogens is 1. The number of aliphatic hydroxyl groups excluding tert-OH is 1. The molecule has 5 rings (SSSR count). The number of morpholine rings is 1. The van der Waals surface area contributed by atoms with Crippen molar-refractivity contribution in [2.24, 2.45) is 0 Å². The summed E-state index contributed by atoms with van der Waals surface area (Å²) in [6.07, 6.45) is 0.708. The van der Waals surface area contributed by atoms with E-state index in [9.17, 15) is 14.7 Å². The van der Waals surface area contributed by atoms with Crippen LogP contribution in [0.5, 0.6) is 5.75 Å². The number of carbonyl (C=O) groups is 2. The zero-order valence-corrected chi connectivity index (χ0v) is 23.2. The third-order valence-electron chi connectivity index (χ3n) is 7.08. The van der Waals surface area contributed by atoms with Gasteiger partial charge < -0.3 is 19.5 Å². The first-order valence-electron chi connectivity index (χ1n) is 13.1. The number of benzene rings is 3. The van der Waals surface area contributed by atoms with Gasteiger partial charge in [-0.2, -0.15) is 0 Å². The van der Waals surface area contributed by atoms with Crippen LogP contribution < -0.4 is 4.74 Å². The van der Waals surface area contributed by atoms with Crippen molar-refractivity contribution in [3.05, 3.63) is 106 Å². The lowest BCUT2D eigenvalue weighted by atomic mass is 9.95. The average molecular weight is 592 g/mol. The molecule has 7 nitrogen and oxygen atoms in total. The number of Topliss-reactive ketones (excluding diaryl/α,β-unsaturated/α-hetero) is 1. The zero-order valence-electron chi connectivity index (χ0n) is 21.6. The van der Waals surface area contributed by atoms with Gasteiger partial charge in [0.05, 0.1) is 24.8 Å². The third kappa shape index (κ3) is 6.41. The fraction of sp³-hybridized carbons (Fsp3) is 0.290. The molecule has 8 heteroatoms. The lowest BCUT2D eigenvalue weighted by Gasteiger charge is -2.29. The lowest BCUT2D eigenvalue weighted by Crippen LogP contribution is -2.38. The molecule has 1 amide bonds. The van der Waals surface area contributed by atoms with E-state index in [1.54, 1.807) is 29.2 Å². The maximum atomic E-state index is 13.3. The number of nitrogens with zero attached hydrogens (tertiary/aromatic N) is 2. The minimum atomic E-state index is -0.693. The van der Waals surface area contributed by atoms with Gasteiger partial charge in [0.1, 0.15) is 18.1 Å². The van der Waals surface area contributed by atoms with Crippen LogP contribution in [0.2, 0.25) is 0 Å². The van der Waals surface area contributed by atoms with E-state index in [0.29, 0.717) is 44.1 Å². The van der Waals surface area contributed by atoms with Crippen LogP contribution in [0.25, 0.3) is 5.76 Å². The second-order valence-corrected chi connectivity index (χ2v) is 10.6. The van der Waals surface area contributed by atoms with Crippen LogP contribution in [0.3, 0.4) is 0 Å². The van der Waals surface area contributed by atoms with E-state index in [4.69, 9.17) is 9.47 Å². The Hall–Kier alpha value is -3.46. The number of aliphatic hydroxyl groups is 1. The Balaban J connectivity index is 1.41. The quantitative estimate of drug-likeness (QED) is 0.210. The molecule has 1 unspecified atom stereocenters. The number of ether oxygens (including phenoxy) is 2. The van der Waals surface area contributed by atoms with Gasteiger partial charge in [-0.05, 0) is 41.8 Å². The van der Waals surface area contributed by atoms with Crippen LogP contribution >= 0.6 is 15.9 Å². The van der Waals surface area contributed by atoms with E-state index in [1.807, 2.05) is 54.6 Å². The molecule has 0 spiro atoms. The maximum Gasteiger partial charge on any atom is 0.295 e. The summed E-state index contributed by atoms with van der Waals surface area (Å²) in [5.41, 5.74) is 2.39. The second-order valence-electron chi connectivity index (χ2n) is 9.65. The Morgan fingerprint density at radius 2 is 1.62 bits per heavy atom. The van der Waals surface area contributed by atoms with Crippen LogP contribution in [0, 0.1) is 0 Å². The van der Waals surface area contributed by atoms with Crippen molar-refractivity contribution in [2.75, 3.05) is 39.4 Å². The number of rotatable bonds is 9. The molecule has 2 aliphatic rings. The molecule has 0 aliphatic carbocycles. The molecule has 0 aromatic heterocycles. The molecule has 2 saturated heterocycles. The van der Waals surface area contributed by atoms with Gasteiger partial charge >= 0.3 is 0 Å². The molecule has 0 bridgehead atoms. The van der Waals surface area contributed by atoms with E-state index in [-0.39, 0.29) is 11.3 Å². The Morgan fingerprint density at radius 1 is 0.923 bits per heavy atom. The molecule has 2 aliphatic heterocycles. The van der Waals surface area contributed by atoms with Gasteiger partial charge in [0.2, 0.25) is 0 Å². The van der Waals surface area contributed by atoms with Gasteiger partial charge in [-0.15, -0.1) is 0 Å². The largest absolute Gasteiger partial charge is 0.507 e. The first kappa shape index (κ1) is 27.1. The monoisotopic (exact) mass is 590 g/mol. The normalized spacial score (nSPS) is 19.4. The number of hydrogen-bond donors (Lipinski definition) is 1. The third-order valence-corrected chi connectivity index (χ3v) is 7.61. The number of carbonyl (C=O) groups excluding carboxylic acids is 2. The topological polar surface area (TPSA) is 79.3 Å². The predicted octanol–water partition coefficient (Wildman–Crippen LogP) is 5.17. The molecular weight excluding hydrogens is 560 g/mol. The van der Waals surface area contributed by atoms with Gasteiger partial charge in [0, 0.05) is 36.2 Å². The van der Waals surface area contributed by atoms with Crippen LogP contribution in [-0.2, 0) is 20.9 Å². The smallest absolute Gasteiger partial charge is 0.295 e. The zero-order chi connectivity index (χ0) is 27.2. The molecule has 2 fully saturated rings. The molecule has 0 radical (unpaired) electrons. The first-order valence-corrected chi connectivity index (χ1v) is 13.9. The minimum Gasteiger partial charge on any atom is -0.507 e. The Labute approximate surface area is 236 Å². The van der Waals surface area contributed by atoms with Gasteiger partial charge in [-0.25, -0.2) is 0 Å². The summed E-state index contributed by atoms with van der Waals surface area (Å²) in [7, 11) is 0. The van der Waals surface area contributed by atoms with Crippen LogP contribution in [-0.4, -0.2) is 66.0 Å². The number of amides is 1. The summed E-state index contributed by atoms with van der Waals surface area (Å²) < 4.78 is 12.2. The molecule has 3 aromatic carbocycles. The van der Waals surface area contributed by atoms with Crippen molar-refractivity contribution in [3.63, 3.8) is 0 Å². The van der Waals surface area contributed by atoms with E-state index in [2.05, 4.69) is 20.8 Å². The van der Waals surface area contributed by atoms with Gasteiger partial charge in [-0.1, -0.05) is 70.5 Å². The Morgan fingerprint density at radius 3 is 2.31 bits per heavy atom. The summed E-state index contributed by atoms with van der Waals surface area (Å²) in [6.45, 7) is 4.76. The average Bonchev–Trinajstić information content (AvgIpc) is 3.22. The molecule has 0 saturated carbocycles. The fourth-order valence-electron chi connectivity index (χ4n) is 5.00. The van der Waals surface area contributed by atoms with Crippen molar-refractivity contribution in [1.82, 2.24) is 9.80 Å². The molecule has 3 aromatic rings. The SMILES string of the molecule is O=C1C(=O)N(CCCN2CCOCC2)C(c2ccc(OCc3ccccc3)cc2)/C1=C(\O)c1ccc(Br)cc1. The highest BCUT2D eigenvalue weighted by Crippen LogP contribution is 2.40. The molecule has 39 heavy (non-hydrogen) atoms. The summed E-state index contributed by atoms with van der Waals surface area (Å²) in [6, 6.07) is 23.6. The van der Waals surface area contributed by atoms with Crippen LogP contribution in [0.1, 0.15) is 29.2 Å². The number of hydrogen-bond acceptors (Lipinski definition) is 6. The van der Waals surface area contributed by atoms with Crippen molar-refractivity contribution < 1.29 is 24.2 Å². The lowest BCUT2D eigenvalue weighted by molar-refractivity contribution is -0.140. The van der Waals surface area contributed by atoms with E-state index < -0.39 is 17.7 Å². The summed E-state index contributed by atoms with van der Waals surface area (Å²) in [4.78, 5) is 30.5. The molecule has 1 N–H and O–H groups in total. The highest BCUT2D eigenvalue weighted by Gasteiger charge is 2.45. The molecule has 1 atom stereocenters. The number of likely N-dealkylation sites (tertiary alicyclic amines) is 1. The summed E-state index contributed by atoms with van der Waals surface area (Å²) in [5.74, 6) is -0.757. The Kier molecular flexibility index (Phi) is 8.76. The standard InChI is InChI=1S/C31H31BrN2O5/c32-25-11-7-24(8-12-25)29(35)27-28(23-9-13-26(14-10-23)39-21-22-5-2-1-3-6-22)34(31(37)30(27)36)16-4-15-33-17-19-38-20-18-33/h1-3,5-14,28,35H,4,15-21H2/b29-27+. The van der Waals surface area contributed by atoms with Gasteiger partial charge in [0.25, 0.3) is 11.7 Å². The summed E-state index contributed by atoms with van der Waals surface area (Å²) in [5, 5.41) is 11.3. The highest BCUT2D eigenvalue weighted by molar-refractivity contribution is 9.10. The van der Waals surface area contributed by atoms with Crippen molar-refractivity contribution in [3.8, 4) is 5.75 Å². The summed E-state index contributed by atoms with van der Waals surface area (Å²) >= 11 is 3.40. The van der Waals surface area contributed by atoms with E-state index in [0.717, 1.165) is 35.2 Å². The first-order chi connectivity index (χ1) is 19.0. The molecule has 202 valence electrons. The second kappa shape index (κ2) is 12.6. The fourth-order valence-corrected chi connectivity index (χ4v) is 5.26. The highest BCUT2D eigenvalue weighted by atomic mass is 79.9.